The summed E-state index contributed by atoms with van der Waals surface area (Å²) in [5.41, 5.74) is 4.66. The number of anilines is 2. The van der Waals surface area contributed by atoms with Crippen molar-refractivity contribution in [2.24, 2.45) is 7.05 Å². The van der Waals surface area contributed by atoms with Gasteiger partial charge < -0.3 is 5.73 Å². The Balaban J connectivity index is 1.49. The number of aryl methyl sites for hydroxylation is 1. The molecule has 3 aliphatic rings. The third-order valence-electron chi connectivity index (χ3n) is 10.0. The third-order valence-corrected chi connectivity index (χ3v) is 15.1. The maximum atomic E-state index is 17.2. The molecule has 0 radical (unpaired) electrons. The van der Waals surface area contributed by atoms with Crippen LogP contribution in [0.4, 0.5) is 29.1 Å². The minimum Gasteiger partial charge on any atom is -0.398 e. The SMILES string of the molecule is Cc1c(-c2c(C(F)(F)F)cc3c(N4CC5CCC(C4)N5)nc(OC[C@]4(C)CCCN4[I-]I)nc3c2F)c2c(C#N)c(N)ccc2n1C. The van der Waals surface area contributed by atoms with Crippen LogP contribution in [0.1, 0.15) is 49.4 Å². The number of hydrogen-bond donors (Lipinski definition) is 2. The number of rotatable bonds is 6. The van der Waals surface area contributed by atoms with Gasteiger partial charge in [-0.1, -0.05) is 0 Å². The summed E-state index contributed by atoms with van der Waals surface area (Å²) in [6, 6.07) is 6.39. The predicted molar refractivity (Wildman–Crippen MR) is 176 cm³/mol. The molecule has 2 bridgehead atoms. The fraction of sp³-hybridized carbons (Fsp3) is 0.469. The van der Waals surface area contributed by atoms with Gasteiger partial charge in [0.15, 0.2) is 0 Å². The van der Waals surface area contributed by atoms with Crippen molar-refractivity contribution in [1.29, 1.82) is 5.26 Å². The van der Waals surface area contributed by atoms with E-state index in [-0.39, 0.29) is 86.7 Å². The zero-order chi connectivity index (χ0) is 33.4. The molecule has 47 heavy (non-hydrogen) atoms. The summed E-state index contributed by atoms with van der Waals surface area (Å²) in [6.07, 6.45) is -1.09. The molecule has 0 saturated carbocycles. The second-order valence-corrected chi connectivity index (χ2v) is 16.9. The van der Waals surface area contributed by atoms with Gasteiger partial charge in [0.05, 0.1) is 5.69 Å². The first-order valence-electron chi connectivity index (χ1n) is 15.4. The number of aromatic nitrogens is 3. The van der Waals surface area contributed by atoms with Gasteiger partial charge in [-0.05, 0) is 12.1 Å². The Morgan fingerprint density at radius 3 is 2.60 bits per heavy atom. The van der Waals surface area contributed by atoms with E-state index in [1.807, 2.05) is 11.0 Å². The number of benzene rings is 2. The molecule has 3 saturated heterocycles. The molecular weight excluding hydrogens is 842 g/mol. The zero-order valence-electron chi connectivity index (χ0n) is 26.0. The third kappa shape index (κ3) is 5.46. The number of halogens is 6. The van der Waals surface area contributed by atoms with E-state index in [2.05, 4.69) is 39.0 Å². The summed E-state index contributed by atoms with van der Waals surface area (Å²) in [4.78, 5) is 11.1. The molecule has 0 aliphatic carbocycles. The molecule has 3 fully saturated rings. The topological polar surface area (TPSA) is 108 Å². The van der Waals surface area contributed by atoms with Crippen molar-refractivity contribution in [3.05, 3.63) is 40.8 Å². The van der Waals surface area contributed by atoms with Gasteiger partial charge in [-0.15, -0.1) is 0 Å². The number of nitrogen functional groups attached to an aromatic ring is 1. The van der Waals surface area contributed by atoms with Crippen LogP contribution in [0.15, 0.2) is 18.2 Å². The van der Waals surface area contributed by atoms with Crippen molar-refractivity contribution in [1.82, 2.24) is 23.0 Å². The van der Waals surface area contributed by atoms with Crippen LogP contribution in [0.25, 0.3) is 32.9 Å². The molecule has 3 atom stereocenters. The number of nitrogens with two attached hydrogens (primary N) is 1. The van der Waals surface area contributed by atoms with Gasteiger partial charge in [-0.25, -0.2) is 0 Å². The second kappa shape index (κ2) is 12.0. The molecular formula is C32H33F4I2N8O-. The van der Waals surface area contributed by atoms with E-state index in [0.29, 0.717) is 24.3 Å². The summed E-state index contributed by atoms with van der Waals surface area (Å²) in [5, 5.41) is 13.7. The average Bonchev–Trinajstić information content (AvgIpc) is 3.67. The molecule has 0 amide bonds. The van der Waals surface area contributed by atoms with Crippen LogP contribution < -0.4 is 38.2 Å². The molecule has 2 aromatic heterocycles. The van der Waals surface area contributed by atoms with E-state index in [1.54, 1.807) is 24.6 Å². The number of piperazine rings is 1. The average molecular weight is 875 g/mol. The Morgan fingerprint density at radius 2 is 1.94 bits per heavy atom. The van der Waals surface area contributed by atoms with Crippen LogP contribution in [0, 0.1) is 24.1 Å². The number of ether oxygens (including phenoxy) is 1. The number of hydrogen-bond acceptors (Lipinski definition) is 8. The standard InChI is InChI=1S/C32H33F4I2N8O/c1-16-24(25-20(12-39)22(40)7-8-23(25)44(16)3)26-21(32(34,35)36)11-19-28(27(26)33)42-30(47-15-31(2)9-4-10-46(31)38-37)43-29(19)45-13-17-5-6-18(14-45)41-17/h7-8,11,17-18,41H,4-6,9-10,13-15,40H2,1-3H3/q-1/t17?,18?,31-/m0/s1. The summed E-state index contributed by atoms with van der Waals surface area (Å²) in [7, 11) is 1.67. The Bertz CT molecular complexity index is 1950. The van der Waals surface area contributed by atoms with Gasteiger partial charge in [0.2, 0.25) is 0 Å². The van der Waals surface area contributed by atoms with Crippen molar-refractivity contribution in [3.63, 3.8) is 0 Å². The number of nitriles is 1. The number of nitrogens with zero attached hydrogens (tertiary/aromatic N) is 6. The maximum absolute atomic E-state index is 17.2. The van der Waals surface area contributed by atoms with Crippen LogP contribution in [0.5, 0.6) is 6.01 Å². The van der Waals surface area contributed by atoms with Crippen LogP contribution >= 0.6 is 18.6 Å². The Morgan fingerprint density at radius 1 is 1.21 bits per heavy atom. The number of fused-ring (bicyclic) bond motifs is 4. The molecule has 3 N–H and O–H groups in total. The van der Waals surface area contributed by atoms with Crippen LogP contribution in [-0.2, 0) is 13.2 Å². The molecule has 3 aliphatic heterocycles. The first kappa shape index (κ1) is 32.8. The van der Waals surface area contributed by atoms with Crippen LogP contribution in [0.2, 0.25) is 0 Å². The van der Waals surface area contributed by atoms with Gasteiger partial charge in [0, 0.05) is 7.05 Å². The molecule has 7 rings (SSSR count). The first-order chi connectivity index (χ1) is 22.3. The van der Waals surface area contributed by atoms with Crippen molar-refractivity contribution in [2.75, 3.05) is 36.9 Å². The van der Waals surface area contributed by atoms with E-state index in [0.717, 1.165) is 38.3 Å². The van der Waals surface area contributed by atoms with E-state index < -0.39 is 23.1 Å². The fourth-order valence-corrected chi connectivity index (χ4v) is 13.0. The van der Waals surface area contributed by atoms with E-state index >= 15 is 17.6 Å². The Labute approximate surface area is 289 Å². The predicted octanol–water partition coefficient (Wildman–Crippen LogP) is 3.24. The van der Waals surface area contributed by atoms with Gasteiger partial charge in [0.1, 0.15) is 6.07 Å². The minimum atomic E-state index is -4.94. The summed E-state index contributed by atoms with van der Waals surface area (Å²) >= 11 is 2.20. The molecule has 250 valence electrons. The van der Waals surface area contributed by atoms with E-state index in [1.165, 1.54) is 6.07 Å². The Hall–Kier alpha value is -2.69. The van der Waals surface area contributed by atoms with Crippen molar-refractivity contribution >= 4 is 51.9 Å². The van der Waals surface area contributed by atoms with E-state index in [9.17, 15) is 5.26 Å². The quantitative estimate of drug-likeness (QED) is 0.132. The summed E-state index contributed by atoms with van der Waals surface area (Å²) in [6.45, 7) is 6.02. The van der Waals surface area contributed by atoms with Gasteiger partial charge >= 0.3 is 249 Å². The van der Waals surface area contributed by atoms with Crippen LogP contribution in [-0.4, -0.2) is 61.5 Å². The number of alkyl halides is 3. The minimum absolute atomic E-state index is 0.00931. The van der Waals surface area contributed by atoms with Crippen molar-refractivity contribution in [3.8, 4) is 23.2 Å². The second-order valence-electron chi connectivity index (χ2n) is 13.0. The molecule has 0 spiro atoms. The van der Waals surface area contributed by atoms with Gasteiger partial charge in [-0.3, -0.25) is 0 Å². The molecule has 5 heterocycles. The molecule has 9 nitrogen and oxygen atoms in total. The van der Waals surface area contributed by atoms with Gasteiger partial charge in [0.25, 0.3) is 0 Å². The Kier molecular flexibility index (Phi) is 8.40. The molecule has 15 heteroatoms. The van der Waals surface area contributed by atoms with Gasteiger partial charge in [-0.2, -0.15) is 5.26 Å². The summed E-state index contributed by atoms with van der Waals surface area (Å²) < 4.78 is 72.8. The fourth-order valence-electron chi connectivity index (χ4n) is 7.49. The smallest absolute Gasteiger partial charge is 0.398 e. The monoisotopic (exact) mass is 875 g/mol. The summed E-state index contributed by atoms with van der Waals surface area (Å²) in [5.74, 6) is -0.916. The van der Waals surface area contributed by atoms with Crippen LogP contribution in [0.3, 0.4) is 0 Å². The molecule has 4 aromatic rings. The zero-order valence-corrected chi connectivity index (χ0v) is 30.3. The van der Waals surface area contributed by atoms with Crippen molar-refractivity contribution < 1.29 is 39.8 Å². The van der Waals surface area contributed by atoms with E-state index in [4.69, 9.17) is 15.5 Å². The van der Waals surface area contributed by atoms with Crippen molar-refractivity contribution in [2.45, 2.75) is 63.3 Å². The molecule has 2 unspecified atom stereocenters. The molecule has 2 aromatic carbocycles. The first-order valence-corrected chi connectivity index (χ1v) is 22.7. The normalized spacial score (nSPS) is 23.3. The number of nitrogens with one attached hydrogen (secondary N) is 1.